The topological polar surface area (TPSA) is 78.4 Å². The number of methoxy groups -OCH3 is 1. The number of rotatable bonds is 13. The molecular weight excluding hydrogens is 480 g/mol. The van der Waals surface area contributed by atoms with Crippen molar-refractivity contribution in [1.29, 1.82) is 0 Å². The van der Waals surface area contributed by atoms with Gasteiger partial charge in [0.05, 0.1) is 19.9 Å². The fraction of sp³-hybridized carbons (Fsp3) is 0.214. The van der Waals surface area contributed by atoms with Gasteiger partial charge < -0.3 is 18.9 Å². The first-order chi connectivity index (χ1) is 17.5. The Morgan fingerprint density at radius 2 is 1.67 bits per heavy atom. The highest BCUT2D eigenvalue weighted by atomic mass is 35.5. The largest absolute Gasteiger partial charge is 0.493 e. The Morgan fingerprint density at radius 3 is 2.39 bits per heavy atom. The molecule has 1 N–H and O–H groups in total. The molecule has 0 spiro atoms. The summed E-state index contributed by atoms with van der Waals surface area (Å²) in [5.74, 6) is 1.80. The first kappa shape index (κ1) is 26.6. The van der Waals surface area contributed by atoms with E-state index in [1.807, 2.05) is 49.4 Å². The van der Waals surface area contributed by atoms with Gasteiger partial charge in [0, 0.05) is 5.02 Å². The smallest absolute Gasteiger partial charge is 0.277 e. The van der Waals surface area contributed by atoms with Crippen molar-refractivity contribution in [1.82, 2.24) is 5.43 Å². The number of allylic oxidation sites excluding steroid dienone is 1. The zero-order chi connectivity index (χ0) is 25.8. The summed E-state index contributed by atoms with van der Waals surface area (Å²) in [5.41, 5.74) is 5.22. The summed E-state index contributed by atoms with van der Waals surface area (Å²) in [6.45, 7) is 6.27. The lowest BCUT2D eigenvalue weighted by molar-refractivity contribution is -0.123. The van der Waals surface area contributed by atoms with Crippen LogP contribution in [-0.4, -0.2) is 32.4 Å². The molecule has 0 aliphatic rings. The number of amides is 1. The molecule has 0 aliphatic carbocycles. The van der Waals surface area contributed by atoms with E-state index in [0.29, 0.717) is 47.7 Å². The van der Waals surface area contributed by atoms with Crippen LogP contribution in [0.5, 0.6) is 23.0 Å². The summed E-state index contributed by atoms with van der Waals surface area (Å²) in [6.07, 6.45) is 4.04. The van der Waals surface area contributed by atoms with Crippen molar-refractivity contribution in [2.75, 3.05) is 20.3 Å². The minimum atomic E-state index is -0.406. The summed E-state index contributed by atoms with van der Waals surface area (Å²) in [4.78, 5) is 12.2. The number of nitrogens with one attached hydrogen (secondary N) is 1. The SMILES string of the molecule is C=CCc1ccc(OCC(=O)N/N=C\c2ccc(OCc3ccc(Cl)cc3)c(OCC)c2)c(OC)c1. The Labute approximate surface area is 216 Å². The molecule has 0 radical (unpaired) electrons. The molecule has 0 atom stereocenters. The van der Waals surface area contributed by atoms with Crippen LogP contribution in [0.4, 0.5) is 0 Å². The predicted octanol–water partition coefficient (Wildman–Crippen LogP) is 5.58. The van der Waals surface area contributed by atoms with Gasteiger partial charge in [-0.1, -0.05) is 35.9 Å². The average molecular weight is 509 g/mol. The molecule has 1 amide bonds. The molecule has 0 aliphatic heterocycles. The first-order valence-electron chi connectivity index (χ1n) is 11.4. The van der Waals surface area contributed by atoms with Gasteiger partial charge in [-0.05, 0) is 72.5 Å². The fourth-order valence-electron chi connectivity index (χ4n) is 3.21. The average Bonchev–Trinajstić information content (AvgIpc) is 2.88. The second-order valence-corrected chi connectivity index (χ2v) is 8.05. The number of carbonyl (C=O) groups excluding carboxylic acids is 1. The summed E-state index contributed by atoms with van der Waals surface area (Å²) in [5, 5.41) is 4.69. The standard InChI is InChI=1S/C28H29ClN2O5/c1-4-6-20-9-13-24(26(15-20)33-3)36-19-28(32)31-30-17-22-10-14-25(27(16-22)34-5-2)35-18-21-7-11-23(29)12-8-21/h4,7-17H,1,5-6,18-19H2,2-3H3,(H,31,32)/b30-17-. The van der Waals surface area contributed by atoms with Crippen LogP contribution in [0.25, 0.3) is 0 Å². The lowest BCUT2D eigenvalue weighted by atomic mass is 10.1. The molecule has 188 valence electrons. The minimum Gasteiger partial charge on any atom is -0.493 e. The summed E-state index contributed by atoms with van der Waals surface area (Å²) in [6, 6.07) is 18.4. The van der Waals surface area contributed by atoms with Crippen molar-refractivity contribution in [2.45, 2.75) is 20.0 Å². The van der Waals surface area contributed by atoms with E-state index in [1.165, 1.54) is 6.21 Å². The quantitative estimate of drug-likeness (QED) is 0.185. The highest BCUT2D eigenvalue weighted by molar-refractivity contribution is 6.30. The number of hydrogen-bond donors (Lipinski definition) is 1. The second kappa shape index (κ2) is 13.8. The van der Waals surface area contributed by atoms with Crippen molar-refractivity contribution in [3.63, 3.8) is 0 Å². The molecule has 0 fully saturated rings. The molecule has 0 unspecified atom stereocenters. The number of carbonyl (C=O) groups is 1. The van der Waals surface area contributed by atoms with Gasteiger partial charge >= 0.3 is 0 Å². The molecule has 36 heavy (non-hydrogen) atoms. The van der Waals surface area contributed by atoms with Crippen LogP contribution in [-0.2, 0) is 17.8 Å². The lowest BCUT2D eigenvalue weighted by Gasteiger charge is -2.13. The number of halogens is 1. The lowest BCUT2D eigenvalue weighted by Crippen LogP contribution is -2.24. The van der Waals surface area contributed by atoms with E-state index in [1.54, 1.807) is 31.4 Å². The van der Waals surface area contributed by atoms with Gasteiger partial charge in [-0.25, -0.2) is 5.43 Å². The third kappa shape index (κ3) is 8.06. The molecule has 7 nitrogen and oxygen atoms in total. The molecule has 0 saturated heterocycles. The molecule has 0 aromatic heterocycles. The predicted molar refractivity (Wildman–Crippen MR) is 142 cm³/mol. The van der Waals surface area contributed by atoms with Crippen molar-refractivity contribution < 1.29 is 23.7 Å². The summed E-state index contributed by atoms with van der Waals surface area (Å²) in [7, 11) is 1.55. The Bertz CT molecular complexity index is 1200. The molecular formula is C28H29ClN2O5. The monoisotopic (exact) mass is 508 g/mol. The number of hydrogen-bond acceptors (Lipinski definition) is 6. The minimum absolute atomic E-state index is 0.212. The highest BCUT2D eigenvalue weighted by Gasteiger charge is 2.09. The van der Waals surface area contributed by atoms with E-state index in [0.717, 1.165) is 16.7 Å². The number of nitrogens with zero attached hydrogens (tertiary/aromatic N) is 1. The van der Waals surface area contributed by atoms with E-state index in [9.17, 15) is 4.79 Å². The van der Waals surface area contributed by atoms with Gasteiger partial charge in [0.2, 0.25) is 0 Å². The molecule has 0 heterocycles. The summed E-state index contributed by atoms with van der Waals surface area (Å²) < 4.78 is 22.6. The molecule has 8 heteroatoms. The van der Waals surface area contributed by atoms with Crippen LogP contribution in [0.1, 0.15) is 23.6 Å². The van der Waals surface area contributed by atoms with Crippen LogP contribution in [0, 0.1) is 0 Å². The van der Waals surface area contributed by atoms with Gasteiger partial charge in [-0.15, -0.1) is 6.58 Å². The molecule has 3 rings (SSSR count). The Kier molecular flexibility index (Phi) is 10.2. The molecule has 3 aromatic carbocycles. The van der Waals surface area contributed by atoms with Gasteiger partial charge in [-0.2, -0.15) is 5.10 Å². The van der Waals surface area contributed by atoms with Crippen molar-refractivity contribution in [2.24, 2.45) is 5.10 Å². The number of ether oxygens (including phenoxy) is 4. The van der Waals surface area contributed by atoms with Crippen LogP contribution in [0.15, 0.2) is 78.4 Å². The van der Waals surface area contributed by atoms with E-state index in [2.05, 4.69) is 17.1 Å². The van der Waals surface area contributed by atoms with Crippen LogP contribution < -0.4 is 24.4 Å². The van der Waals surface area contributed by atoms with Crippen molar-refractivity contribution in [3.8, 4) is 23.0 Å². The van der Waals surface area contributed by atoms with Gasteiger partial charge in [0.15, 0.2) is 29.6 Å². The van der Waals surface area contributed by atoms with Crippen molar-refractivity contribution >= 4 is 23.7 Å². The van der Waals surface area contributed by atoms with E-state index in [-0.39, 0.29) is 6.61 Å². The van der Waals surface area contributed by atoms with Gasteiger partial charge in [0.25, 0.3) is 5.91 Å². The van der Waals surface area contributed by atoms with E-state index < -0.39 is 5.91 Å². The van der Waals surface area contributed by atoms with E-state index in [4.69, 9.17) is 30.5 Å². The van der Waals surface area contributed by atoms with Gasteiger partial charge in [0.1, 0.15) is 6.61 Å². The van der Waals surface area contributed by atoms with Crippen molar-refractivity contribution in [3.05, 3.63) is 95.0 Å². The third-order valence-corrected chi connectivity index (χ3v) is 5.20. The van der Waals surface area contributed by atoms with Gasteiger partial charge in [-0.3, -0.25) is 4.79 Å². The Morgan fingerprint density at radius 1 is 0.944 bits per heavy atom. The zero-order valence-electron chi connectivity index (χ0n) is 20.3. The Hall–Kier alpha value is -3.97. The fourth-order valence-corrected chi connectivity index (χ4v) is 3.34. The molecule has 0 bridgehead atoms. The highest BCUT2D eigenvalue weighted by Crippen LogP contribution is 2.29. The maximum absolute atomic E-state index is 12.2. The maximum atomic E-state index is 12.2. The second-order valence-electron chi connectivity index (χ2n) is 7.61. The van der Waals surface area contributed by atoms with E-state index >= 15 is 0 Å². The Balaban J connectivity index is 1.55. The molecule has 3 aromatic rings. The van der Waals surface area contributed by atoms with Crippen LogP contribution in [0.2, 0.25) is 5.02 Å². The van der Waals surface area contributed by atoms with Crippen LogP contribution in [0.3, 0.4) is 0 Å². The zero-order valence-corrected chi connectivity index (χ0v) is 21.1. The number of benzene rings is 3. The third-order valence-electron chi connectivity index (χ3n) is 4.94. The molecule has 0 saturated carbocycles. The summed E-state index contributed by atoms with van der Waals surface area (Å²) >= 11 is 5.93. The normalized spacial score (nSPS) is 10.6. The maximum Gasteiger partial charge on any atom is 0.277 e. The van der Waals surface area contributed by atoms with Crippen LogP contribution >= 0.6 is 11.6 Å². The first-order valence-corrected chi connectivity index (χ1v) is 11.8. The number of hydrazone groups is 1.